The van der Waals surface area contributed by atoms with Crippen LogP contribution in [0.15, 0.2) is 164 Å². The highest BCUT2D eigenvalue weighted by molar-refractivity contribution is 6.17. The molecule has 4 heterocycles. The van der Waals surface area contributed by atoms with Crippen molar-refractivity contribution in [2.75, 3.05) is 0 Å². The number of hydrogen-bond acceptors (Lipinski definition) is 3. The van der Waals surface area contributed by atoms with Crippen LogP contribution in [0.4, 0.5) is 0 Å². The summed E-state index contributed by atoms with van der Waals surface area (Å²) in [5.41, 5.74) is 10.5. The van der Waals surface area contributed by atoms with Crippen LogP contribution in [0.2, 0.25) is 0 Å². The second kappa shape index (κ2) is 10.5. The van der Waals surface area contributed by atoms with Crippen molar-refractivity contribution in [2.45, 2.75) is 0 Å². The first-order valence-electron chi connectivity index (χ1n) is 16.1. The summed E-state index contributed by atoms with van der Waals surface area (Å²) in [5.74, 6) is 0.599. The lowest BCUT2D eigenvalue weighted by Gasteiger charge is -2.12. The second-order valence-electron chi connectivity index (χ2n) is 12.1. The van der Waals surface area contributed by atoms with Crippen LogP contribution in [0.5, 0.6) is 0 Å². The van der Waals surface area contributed by atoms with Gasteiger partial charge >= 0.3 is 0 Å². The van der Waals surface area contributed by atoms with E-state index >= 15 is 0 Å². The van der Waals surface area contributed by atoms with Gasteiger partial charge in [-0.2, -0.15) is 4.98 Å². The van der Waals surface area contributed by atoms with Gasteiger partial charge in [0.25, 0.3) is 0 Å². The van der Waals surface area contributed by atoms with E-state index in [1.54, 1.807) is 6.20 Å². The fourth-order valence-electron chi connectivity index (χ4n) is 7.34. The van der Waals surface area contributed by atoms with Gasteiger partial charge in [0.1, 0.15) is 0 Å². The average molecular weight is 614 g/mol. The summed E-state index contributed by atoms with van der Waals surface area (Å²) in [6.07, 6.45) is 1.80. The van der Waals surface area contributed by atoms with Crippen molar-refractivity contribution in [1.82, 2.24) is 24.1 Å². The first kappa shape index (κ1) is 26.6. The van der Waals surface area contributed by atoms with Crippen molar-refractivity contribution in [1.29, 1.82) is 0 Å². The smallest absolute Gasteiger partial charge is 0.237 e. The van der Waals surface area contributed by atoms with Gasteiger partial charge < -0.3 is 4.57 Å². The van der Waals surface area contributed by atoms with Crippen molar-refractivity contribution in [3.8, 4) is 34.0 Å². The van der Waals surface area contributed by atoms with Crippen LogP contribution in [-0.4, -0.2) is 24.1 Å². The minimum atomic E-state index is 0.599. The Balaban J connectivity index is 1.27. The molecule has 224 valence electrons. The van der Waals surface area contributed by atoms with E-state index in [9.17, 15) is 0 Å². The monoisotopic (exact) mass is 613 g/mol. The van der Waals surface area contributed by atoms with E-state index in [4.69, 9.17) is 9.97 Å². The number of pyridine rings is 1. The Labute approximate surface area is 276 Å². The summed E-state index contributed by atoms with van der Waals surface area (Å²) in [6.45, 7) is 0. The molecule has 4 aromatic heterocycles. The molecule has 6 aromatic carbocycles. The van der Waals surface area contributed by atoms with Crippen LogP contribution >= 0.6 is 0 Å². The van der Waals surface area contributed by atoms with Gasteiger partial charge in [-0.05, 0) is 59.7 Å². The standard InChI is InChI=1S/C43H27N5/c1-3-13-28(14-4-1)41-35-20-12-26-44-42(35)46-43(45-41)48-36-21-9-7-17-32(36)33-25-24-29(27-39(33)48)31-19-11-23-38-40(31)34-18-8-10-22-37(34)47(38)30-15-5-2-6-16-30/h1-27H. The van der Waals surface area contributed by atoms with Crippen LogP contribution in [0, 0.1) is 0 Å². The summed E-state index contributed by atoms with van der Waals surface area (Å²) in [5, 5.41) is 5.69. The Hall–Kier alpha value is -6.59. The Kier molecular flexibility index (Phi) is 5.81. The average Bonchev–Trinajstić information content (AvgIpc) is 3.68. The van der Waals surface area contributed by atoms with E-state index in [1.165, 1.54) is 27.4 Å². The number of aromatic nitrogens is 5. The molecule has 0 atom stereocenters. The molecule has 48 heavy (non-hydrogen) atoms. The quantitative estimate of drug-likeness (QED) is 0.198. The number of hydrogen-bond donors (Lipinski definition) is 0. The predicted molar refractivity (Wildman–Crippen MR) is 197 cm³/mol. The highest BCUT2D eigenvalue weighted by Gasteiger charge is 2.20. The van der Waals surface area contributed by atoms with E-state index in [0.717, 1.165) is 49.7 Å². The van der Waals surface area contributed by atoms with Crippen LogP contribution < -0.4 is 0 Å². The minimum absolute atomic E-state index is 0.599. The van der Waals surface area contributed by atoms with Crippen molar-refractivity contribution in [2.24, 2.45) is 0 Å². The molecule has 0 N–H and O–H groups in total. The van der Waals surface area contributed by atoms with E-state index in [1.807, 2.05) is 30.3 Å². The van der Waals surface area contributed by atoms with Crippen LogP contribution in [0.25, 0.3) is 88.7 Å². The highest BCUT2D eigenvalue weighted by Crippen LogP contribution is 2.41. The number of fused-ring (bicyclic) bond motifs is 7. The van der Waals surface area contributed by atoms with Gasteiger partial charge in [-0.15, -0.1) is 0 Å². The molecule has 0 unspecified atom stereocenters. The van der Waals surface area contributed by atoms with Crippen LogP contribution in [0.3, 0.4) is 0 Å². The molecular weight excluding hydrogens is 587 g/mol. The molecule has 0 aliphatic carbocycles. The zero-order valence-corrected chi connectivity index (χ0v) is 25.8. The summed E-state index contributed by atoms with van der Waals surface area (Å²) < 4.78 is 4.56. The molecule has 0 aliphatic rings. The maximum absolute atomic E-state index is 5.25. The number of benzene rings is 6. The van der Waals surface area contributed by atoms with E-state index in [0.29, 0.717) is 11.6 Å². The summed E-state index contributed by atoms with van der Waals surface area (Å²) in [4.78, 5) is 15.0. The topological polar surface area (TPSA) is 48.5 Å². The second-order valence-corrected chi connectivity index (χ2v) is 12.1. The molecule has 0 amide bonds. The summed E-state index contributed by atoms with van der Waals surface area (Å²) in [7, 11) is 0. The van der Waals surface area contributed by atoms with Gasteiger partial charge in [-0.3, -0.25) is 4.57 Å². The van der Waals surface area contributed by atoms with Gasteiger partial charge in [0.2, 0.25) is 5.95 Å². The van der Waals surface area contributed by atoms with Gasteiger partial charge in [-0.25, -0.2) is 9.97 Å². The van der Waals surface area contributed by atoms with Crippen molar-refractivity contribution in [3.05, 3.63) is 164 Å². The zero-order chi connectivity index (χ0) is 31.6. The highest BCUT2D eigenvalue weighted by atomic mass is 15.2. The third kappa shape index (κ3) is 3.94. The Morgan fingerprint density at radius 2 is 1.08 bits per heavy atom. The van der Waals surface area contributed by atoms with Crippen LogP contribution in [0.1, 0.15) is 0 Å². The molecule has 0 saturated heterocycles. The molecule has 0 bridgehead atoms. The number of nitrogens with zero attached hydrogens (tertiary/aromatic N) is 5. The van der Waals surface area contributed by atoms with E-state index < -0.39 is 0 Å². The first-order valence-corrected chi connectivity index (χ1v) is 16.1. The molecule has 0 fully saturated rings. The van der Waals surface area contributed by atoms with Gasteiger partial charge in [0, 0.05) is 44.4 Å². The third-order valence-electron chi connectivity index (χ3n) is 9.40. The maximum Gasteiger partial charge on any atom is 0.237 e. The number of para-hydroxylation sites is 3. The SMILES string of the molecule is c1ccc(-c2nc(-n3c4ccccc4c4ccc(-c5cccc6c5c5ccccc5n6-c5ccccc5)cc43)nc3ncccc23)cc1. The molecule has 5 nitrogen and oxygen atoms in total. The van der Waals surface area contributed by atoms with E-state index in [2.05, 4.69) is 142 Å². The largest absolute Gasteiger partial charge is 0.309 e. The Bertz CT molecular complexity index is 2830. The van der Waals surface area contributed by atoms with Crippen molar-refractivity contribution < 1.29 is 0 Å². The molecule has 0 radical (unpaired) electrons. The lowest BCUT2D eigenvalue weighted by atomic mass is 9.98. The van der Waals surface area contributed by atoms with Crippen molar-refractivity contribution >= 4 is 54.6 Å². The van der Waals surface area contributed by atoms with Gasteiger partial charge in [-0.1, -0.05) is 109 Å². The minimum Gasteiger partial charge on any atom is -0.309 e. The van der Waals surface area contributed by atoms with Gasteiger partial charge in [0.15, 0.2) is 5.65 Å². The molecule has 0 spiro atoms. The predicted octanol–water partition coefficient (Wildman–Crippen LogP) is 10.6. The Morgan fingerprint density at radius 3 is 1.92 bits per heavy atom. The van der Waals surface area contributed by atoms with Crippen LogP contribution in [-0.2, 0) is 0 Å². The summed E-state index contributed by atoms with van der Waals surface area (Å²) in [6, 6.07) is 55.5. The Morgan fingerprint density at radius 1 is 0.417 bits per heavy atom. The lowest BCUT2D eigenvalue weighted by Crippen LogP contribution is -2.04. The summed E-state index contributed by atoms with van der Waals surface area (Å²) >= 11 is 0. The first-order chi connectivity index (χ1) is 23.8. The molecule has 10 aromatic rings. The molecule has 0 saturated carbocycles. The van der Waals surface area contributed by atoms with Crippen molar-refractivity contribution in [3.63, 3.8) is 0 Å². The molecule has 0 aliphatic heterocycles. The fourth-order valence-corrected chi connectivity index (χ4v) is 7.34. The zero-order valence-electron chi connectivity index (χ0n) is 25.8. The molecular formula is C43H27N5. The molecule has 5 heteroatoms. The maximum atomic E-state index is 5.25. The lowest BCUT2D eigenvalue weighted by molar-refractivity contribution is 1.00. The third-order valence-corrected chi connectivity index (χ3v) is 9.40. The number of rotatable bonds is 4. The molecule has 10 rings (SSSR count). The van der Waals surface area contributed by atoms with E-state index in [-0.39, 0.29) is 0 Å². The van der Waals surface area contributed by atoms with Gasteiger partial charge in [0.05, 0.1) is 27.8 Å². The normalized spacial score (nSPS) is 11.8. The fraction of sp³-hybridized carbons (Fsp3) is 0.